The summed E-state index contributed by atoms with van der Waals surface area (Å²) < 4.78 is 3.57. The Morgan fingerprint density at radius 1 is 1.29 bits per heavy atom. The zero-order valence-electron chi connectivity index (χ0n) is 13.4. The molecule has 8 nitrogen and oxygen atoms in total. The molecule has 0 saturated heterocycles. The quantitative estimate of drug-likeness (QED) is 0.703. The molecule has 24 heavy (non-hydrogen) atoms. The van der Waals surface area contributed by atoms with Gasteiger partial charge >= 0.3 is 0 Å². The lowest BCUT2D eigenvalue weighted by molar-refractivity contribution is -0.122. The Hall–Kier alpha value is -3.03. The zero-order valence-corrected chi connectivity index (χ0v) is 13.4. The van der Waals surface area contributed by atoms with E-state index in [1.807, 2.05) is 48.0 Å². The van der Waals surface area contributed by atoms with E-state index in [0.29, 0.717) is 25.3 Å². The second-order valence-corrected chi connectivity index (χ2v) is 5.49. The molecule has 0 unspecified atom stereocenters. The van der Waals surface area contributed by atoms with Gasteiger partial charge in [0.05, 0.1) is 18.9 Å². The summed E-state index contributed by atoms with van der Waals surface area (Å²) in [5.41, 5.74) is 1.05. The van der Waals surface area contributed by atoms with Gasteiger partial charge in [-0.25, -0.2) is 9.67 Å². The minimum atomic E-state index is -0.122. The minimum Gasteiger partial charge on any atom is -0.347 e. The molecule has 1 amide bonds. The van der Waals surface area contributed by atoms with Crippen molar-refractivity contribution in [1.29, 1.82) is 0 Å². The van der Waals surface area contributed by atoms with Crippen molar-refractivity contribution in [3.8, 4) is 0 Å². The van der Waals surface area contributed by atoms with E-state index in [4.69, 9.17) is 0 Å². The summed E-state index contributed by atoms with van der Waals surface area (Å²) in [4.78, 5) is 16.4. The van der Waals surface area contributed by atoms with E-state index >= 15 is 0 Å². The van der Waals surface area contributed by atoms with Gasteiger partial charge in [0.2, 0.25) is 5.91 Å². The number of carbonyl (C=O) groups is 1. The molecule has 0 aliphatic rings. The summed E-state index contributed by atoms with van der Waals surface area (Å²) in [7, 11) is 0. The fraction of sp³-hybridized carbons (Fsp3) is 0.312. The van der Waals surface area contributed by atoms with Crippen LogP contribution in [0.1, 0.15) is 23.9 Å². The Morgan fingerprint density at radius 2 is 2.12 bits per heavy atom. The molecular formula is C16H19N7O. The number of hydrogen-bond donors (Lipinski definition) is 1. The van der Waals surface area contributed by atoms with E-state index in [-0.39, 0.29) is 11.9 Å². The lowest BCUT2D eigenvalue weighted by Gasteiger charge is -2.20. The minimum absolute atomic E-state index is 0.0427. The van der Waals surface area contributed by atoms with E-state index in [1.165, 1.54) is 0 Å². The molecule has 0 fully saturated rings. The molecule has 124 valence electrons. The van der Waals surface area contributed by atoms with Crippen LogP contribution >= 0.6 is 0 Å². The average molecular weight is 325 g/mol. The summed E-state index contributed by atoms with van der Waals surface area (Å²) in [5.74, 6) is 0.652. The van der Waals surface area contributed by atoms with Crippen LogP contribution in [0.15, 0.2) is 49.1 Å². The highest BCUT2D eigenvalue weighted by molar-refractivity contribution is 5.76. The van der Waals surface area contributed by atoms with Crippen LogP contribution in [0.4, 0.5) is 0 Å². The fourth-order valence-electron chi connectivity index (χ4n) is 2.46. The van der Waals surface area contributed by atoms with Gasteiger partial charge < -0.3 is 9.88 Å². The number of aromatic nitrogens is 6. The number of tetrazole rings is 1. The van der Waals surface area contributed by atoms with Gasteiger partial charge in [0.15, 0.2) is 0 Å². The van der Waals surface area contributed by atoms with Crippen molar-refractivity contribution < 1.29 is 4.79 Å². The van der Waals surface area contributed by atoms with Crippen molar-refractivity contribution in [3.63, 3.8) is 0 Å². The lowest BCUT2D eigenvalue weighted by Crippen LogP contribution is -2.32. The van der Waals surface area contributed by atoms with Crippen LogP contribution in [-0.4, -0.2) is 35.7 Å². The number of imidazole rings is 1. The topological polar surface area (TPSA) is 90.5 Å². The maximum Gasteiger partial charge on any atom is 0.222 e. The summed E-state index contributed by atoms with van der Waals surface area (Å²) >= 11 is 0. The number of aryl methyl sites for hydroxylation is 2. The number of benzene rings is 1. The summed E-state index contributed by atoms with van der Waals surface area (Å²) in [6.45, 7) is 2.89. The summed E-state index contributed by atoms with van der Waals surface area (Å²) in [6.07, 6.45) is 5.67. The Balaban J connectivity index is 1.64. The first-order valence-electron chi connectivity index (χ1n) is 7.75. The molecule has 1 N–H and O–H groups in total. The first-order valence-corrected chi connectivity index (χ1v) is 7.75. The fourth-order valence-corrected chi connectivity index (χ4v) is 2.46. The third-order valence-electron chi connectivity index (χ3n) is 3.75. The smallest absolute Gasteiger partial charge is 0.222 e. The molecule has 2 heterocycles. The van der Waals surface area contributed by atoms with E-state index in [1.54, 1.807) is 17.2 Å². The van der Waals surface area contributed by atoms with Crippen molar-refractivity contribution >= 4 is 5.91 Å². The van der Waals surface area contributed by atoms with Crippen molar-refractivity contribution in [2.45, 2.75) is 32.5 Å². The van der Waals surface area contributed by atoms with Gasteiger partial charge in [0.25, 0.3) is 0 Å². The van der Waals surface area contributed by atoms with Gasteiger partial charge in [0.1, 0.15) is 5.82 Å². The van der Waals surface area contributed by atoms with Crippen LogP contribution in [0.2, 0.25) is 0 Å². The maximum absolute atomic E-state index is 12.3. The molecule has 1 atom stereocenters. The van der Waals surface area contributed by atoms with Crippen molar-refractivity contribution in [1.82, 2.24) is 35.1 Å². The standard InChI is InChI=1S/C16H19N7O/c1-13-19-20-21-23(13)9-7-16(24)18-15(11-22-10-8-17-12-22)14-5-3-2-4-6-14/h2-6,8,10,12,15H,7,9,11H2,1H3,(H,18,24)/t15-/m0/s1. The summed E-state index contributed by atoms with van der Waals surface area (Å²) in [6, 6.07) is 9.78. The molecule has 2 aromatic heterocycles. The lowest BCUT2D eigenvalue weighted by atomic mass is 10.1. The molecule has 0 bridgehead atoms. The number of nitrogens with one attached hydrogen (secondary N) is 1. The van der Waals surface area contributed by atoms with Crippen LogP contribution in [0.25, 0.3) is 0 Å². The largest absolute Gasteiger partial charge is 0.347 e. The first-order chi connectivity index (χ1) is 11.7. The molecule has 3 aromatic rings. The monoisotopic (exact) mass is 325 g/mol. The molecular weight excluding hydrogens is 306 g/mol. The third kappa shape index (κ3) is 4.03. The molecule has 8 heteroatoms. The molecule has 3 rings (SSSR count). The molecule has 0 saturated carbocycles. The third-order valence-corrected chi connectivity index (χ3v) is 3.75. The molecule has 0 radical (unpaired) electrons. The van der Waals surface area contributed by atoms with Crippen LogP contribution in [0.3, 0.4) is 0 Å². The second-order valence-electron chi connectivity index (χ2n) is 5.49. The molecule has 0 aliphatic carbocycles. The number of nitrogens with zero attached hydrogens (tertiary/aromatic N) is 6. The Morgan fingerprint density at radius 3 is 2.79 bits per heavy atom. The molecule has 0 aliphatic heterocycles. The van der Waals surface area contributed by atoms with Crippen molar-refractivity contribution in [3.05, 3.63) is 60.4 Å². The Labute approximate surface area is 139 Å². The highest BCUT2D eigenvalue weighted by atomic mass is 16.1. The zero-order chi connectivity index (χ0) is 16.8. The van der Waals surface area contributed by atoms with Gasteiger partial charge in [-0.15, -0.1) is 5.10 Å². The number of carbonyl (C=O) groups excluding carboxylic acids is 1. The average Bonchev–Trinajstić information content (AvgIpc) is 3.25. The van der Waals surface area contributed by atoms with E-state index in [0.717, 1.165) is 5.56 Å². The van der Waals surface area contributed by atoms with Crippen molar-refractivity contribution in [2.75, 3.05) is 0 Å². The number of hydrogen-bond acceptors (Lipinski definition) is 5. The highest BCUT2D eigenvalue weighted by Gasteiger charge is 2.15. The van der Waals surface area contributed by atoms with E-state index in [2.05, 4.69) is 25.8 Å². The number of rotatable bonds is 7. The van der Waals surface area contributed by atoms with E-state index < -0.39 is 0 Å². The SMILES string of the molecule is Cc1nnnn1CCC(=O)N[C@@H](Cn1ccnc1)c1ccccc1. The van der Waals surface area contributed by atoms with Crippen LogP contribution in [-0.2, 0) is 17.9 Å². The van der Waals surface area contributed by atoms with Gasteiger partial charge in [-0.2, -0.15) is 0 Å². The molecule has 1 aromatic carbocycles. The van der Waals surface area contributed by atoms with Crippen LogP contribution < -0.4 is 5.32 Å². The van der Waals surface area contributed by atoms with Gasteiger partial charge in [-0.05, 0) is 22.9 Å². The number of amides is 1. The maximum atomic E-state index is 12.3. The van der Waals surface area contributed by atoms with E-state index in [9.17, 15) is 4.79 Å². The van der Waals surface area contributed by atoms with Gasteiger partial charge in [-0.3, -0.25) is 4.79 Å². The highest BCUT2D eigenvalue weighted by Crippen LogP contribution is 2.15. The summed E-state index contributed by atoms with van der Waals surface area (Å²) in [5, 5.41) is 14.3. The van der Waals surface area contributed by atoms with Crippen LogP contribution in [0.5, 0.6) is 0 Å². The Bertz CT molecular complexity index is 767. The predicted molar refractivity (Wildman–Crippen MR) is 86.7 cm³/mol. The first kappa shape index (κ1) is 15.9. The normalized spacial score (nSPS) is 12.0. The van der Waals surface area contributed by atoms with Crippen molar-refractivity contribution in [2.24, 2.45) is 0 Å². The predicted octanol–water partition coefficient (Wildman–Crippen LogP) is 1.13. The van der Waals surface area contributed by atoms with Crippen LogP contribution in [0, 0.1) is 6.92 Å². The second kappa shape index (κ2) is 7.49. The van der Waals surface area contributed by atoms with Gasteiger partial charge in [-0.1, -0.05) is 30.3 Å². The van der Waals surface area contributed by atoms with Gasteiger partial charge in [0, 0.05) is 25.4 Å². The molecule has 0 spiro atoms. The Kier molecular flexibility index (Phi) is 4.95.